The van der Waals surface area contributed by atoms with Gasteiger partial charge in [-0.3, -0.25) is 24.1 Å². The molecular weight excluding hydrogens is 348 g/mol. The van der Waals surface area contributed by atoms with Crippen LogP contribution in [0.25, 0.3) is 0 Å². The molecule has 2 aromatic carbocycles. The van der Waals surface area contributed by atoms with Crippen molar-refractivity contribution in [2.45, 2.75) is 19.8 Å². The van der Waals surface area contributed by atoms with Crippen LogP contribution in [0, 0.1) is 0 Å². The highest BCUT2D eigenvalue weighted by atomic mass is 16.4. The number of aliphatic carboxylic acids is 1. The number of carbonyl (C=O) groups is 4. The van der Waals surface area contributed by atoms with Crippen LogP contribution in [0.5, 0.6) is 0 Å². The summed E-state index contributed by atoms with van der Waals surface area (Å²) in [6.07, 6.45) is 0.570. The summed E-state index contributed by atoms with van der Waals surface area (Å²) in [7, 11) is 0. The Bertz CT molecular complexity index is 934. The van der Waals surface area contributed by atoms with Gasteiger partial charge in [0, 0.05) is 17.8 Å². The maximum atomic E-state index is 12.5. The molecule has 138 valence electrons. The molecule has 1 aliphatic heterocycles. The second-order valence-corrected chi connectivity index (χ2v) is 6.24. The van der Waals surface area contributed by atoms with E-state index in [0.717, 1.165) is 0 Å². The number of carboxylic acids is 1. The first-order valence-electron chi connectivity index (χ1n) is 8.53. The van der Waals surface area contributed by atoms with Crippen LogP contribution in [0.2, 0.25) is 0 Å². The molecule has 0 saturated heterocycles. The molecule has 0 fully saturated rings. The normalized spacial score (nSPS) is 12.9. The third-order valence-electron chi connectivity index (χ3n) is 4.25. The maximum absolute atomic E-state index is 12.5. The van der Waals surface area contributed by atoms with E-state index in [1.54, 1.807) is 24.3 Å². The van der Waals surface area contributed by atoms with Crippen molar-refractivity contribution in [1.82, 2.24) is 4.90 Å². The van der Waals surface area contributed by atoms with E-state index in [1.165, 1.54) is 23.1 Å². The number of rotatable bonds is 6. The largest absolute Gasteiger partial charge is 0.481 e. The first kappa shape index (κ1) is 18.3. The van der Waals surface area contributed by atoms with Crippen LogP contribution in [0.4, 0.5) is 5.69 Å². The Balaban J connectivity index is 1.76. The number of carboxylic acid groups (broad SMARTS) is 1. The van der Waals surface area contributed by atoms with Crippen molar-refractivity contribution >= 4 is 29.4 Å². The molecule has 0 bridgehead atoms. The van der Waals surface area contributed by atoms with Gasteiger partial charge in [0.1, 0.15) is 0 Å². The predicted octanol–water partition coefficient (Wildman–Crippen LogP) is 2.57. The zero-order chi connectivity index (χ0) is 19.6. The SMILES string of the molecule is CCCN1C(=O)c2ccc(C(=O)Nc3ccc(CC(=O)O)cc3)cc2C1=O. The lowest BCUT2D eigenvalue weighted by Gasteiger charge is -2.11. The van der Waals surface area contributed by atoms with Crippen molar-refractivity contribution in [3.05, 3.63) is 64.7 Å². The second kappa shape index (κ2) is 7.41. The Morgan fingerprint density at radius 3 is 2.30 bits per heavy atom. The summed E-state index contributed by atoms with van der Waals surface area (Å²) >= 11 is 0. The van der Waals surface area contributed by atoms with Gasteiger partial charge in [0.25, 0.3) is 17.7 Å². The molecule has 0 radical (unpaired) electrons. The van der Waals surface area contributed by atoms with Crippen LogP contribution in [-0.4, -0.2) is 40.2 Å². The molecule has 0 aliphatic carbocycles. The summed E-state index contributed by atoms with van der Waals surface area (Å²) in [5.41, 5.74) is 1.94. The molecule has 0 atom stereocenters. The zero-order valence-corrected chi connectivity index (χ0v) is 14.7. The minimum atomic E-state index is -0.929. The number of carbonyl (C=O) groups excluding carboxylic acids is 3. The summed E-state index contributed by atoms with van der Waals surface area (Å²) in [5, 5.41) is 11.5. The number of anilines is 1. The van der Waals surface area contributed by atoms with E-state index in [0.29, 0.717) is 29.8 Å². The Labute approximate surface area is 155 Å². The molecule has 7 heteroatoms. The summed E-state index contributed by atoms with van der Waals surface area (Å²) in [6.45, 7) is 2.22. The summed E-state index contributed by atoms with van der Waals surface area (Å²) in [6, 6.07) is 10.9. The third kappa shape index (κ3) is 3.72. The number of hydrogen-bond acceptors (Lipinski definition) is 4. The van der Waals surface area contributed by atoms with Gasteiger partial charge in [-0.05, 0) is 42.3 Å². The quantitative estimate of drug-likeness (QED) is 0.765. The van der Waals surface area contributed by atoms with Gasteiger partial charge in [-0.25, -0.2) is 0 Å². The van der Waals surface area contributed by atoms with E-state index in [1.807, 2.05) is 6.92 Å². The number of nitrogens with one attached hydrogen (secondary N) is 1. The molecular formula is C20H18N2O5. The van der Waals surface area contributed by atoms with Crippen LogP contribution >= 0.6 is 0 Å². The van der Waals surface area contributed by atoms with Gasteiger partial charge in [0.05, 0.1) is 17.5 Å². The molecule has 7 nitrogen and oxygen atoms in total. The Morgan fingerprint density at radius 2 is 1.67 bits per heavy atom. The first-order valence-corrected chi connectivity index (χ1v) is 8.53. The molecule has 1 aliphatic rings. The smallest absolute Gasteiger partial charge is 0.307 e. The van der Waals surface area contributed by atoms with Crippen molar-refractivity contribution in [1.29, 1.82) is 0 Å². The Kier molecular flexibility index (Phi) is 5.03. The molecule has 3 rings (SSSR count). The third-order valence-corrected chi connectivity index (χ3v) is 4.25. The number of nitrogens with zero attached hydrogens (tertiary/aromatic N) is 1. The van der Waals surface area contributed by atoms with Crippen molar-refractivity contribution in [2.75, 3.05) is 11.9 Å². The lowest BCUT2D eigenvalue weighted by atomic mass is 10.1. The average Bonchev–Trinajstić information content (AvgIpc) is 2.88. The fourth-order valence-corrected chi connectivity index (χ4v) is 2.94. The van der Waals surface area contributed by atoms with Crippen LogP contribution in [0.1, 0.15) is 50.0 Å². The minimum Gasteiger partial charge on any atom is -0.481 e. The maximum Gasteiger partial charge on any atom is 0.307 e. The van der Waals surface area contributed by atoms with E-state index < -0.39 is 11.9 Å². The van der Waals surface area contributed by atoms with Crippen molar-refractivity contribution < 1.29 is 24.3 Å². The zero-order valence-electron chi connectivity index (χ0n) is 14.7. The number of imide groups is 1. The monoisotopic (exact) mass is 366 g/mol. The number of fused-ring (bicyclic) bond motifs is 1. The molecule has 0 saturated carbocycles. The van der Waals surface area contributed by atoms with Crippen LogP contribution < -0.4 is 5.32 Å². The lowest BCUT2D eigenvalue weighted by molar-refractivity contribution is -0.136. The lowest BCUT2D eigenvalue weighted by Crippen LogP contribution is -2.30. The second-order valence-electron chi connectivity index (χ2n) is 6.24. The number of benzene rings is 2. The summed E-state index contributed by atoms with van der Waals surface area (Å²) in [5.74, 6) is -2.07. The average molecular weight is 366 g/mol. The Morgan fingerprint density at radius 1 is 1.00 bits per heavy atom. The van der Waals surface area contributed by atoms with Crippen molar-refractivity contribution in [3.63, 3.8) is 0 Å². The van der Waals surface area contributed by atoms with E-state index in [-0.39, 0.29) is 29.4 Å². The van der Waals surface area contributed by atoms with Crippen LogP contribution in [0.15, 0.2) is 42.5 Å². The molecule has 2 N–H and O–H groups in total. The molecule has 1 heterocycles. The first-order chi connectivity index (χ1) is 12.9. The van der Waals surface area contributed by atoms with Gasteiger partial charge < -0.3 is 10.4 Å². The van der Waals surface area contributed by atoms with E-state index in [2.05, 4.69) is 5.32 Å². The summed E-state index contributed by atoms with van der Waals surface area (Å²) < 4.78 is 0. The summed E-state index contributed by atoms with van der Waals surface area (Å²) in [4.78, 5) is 49.0. The topological polar surface area (TPSA) is 104 Å². The fourth-order valence-electron chi connectivity index (χ4n) is 2.94. The van der Waals surface area contributed by atoms with Crippen LogP contribution in [0.3, 0.4) is 0 Å². The predicted molar refractivity (Wildman–Crippen MR) is 97.8 cm³/mol. The van der Waals surface area contributed by atoms with Crippen LogP contribution in [-0.2, 0) is 11.2 Å². The standard InChI is InChI=1S/C20H18N2O5/c1-2-9-22-19(26)15-8-5-13(11-16(15)20(22)27)18(25)21-14-6-3-12(4-7-14)10-17(23)24/h3-8,11H,2,9-10H2,1H3,(H,21,25)(H,23,24). The minimum absolute atomic E-state index is 0.0938. The van der Waals surface area contributed by atoms with Gasteiger partial charge in [-0.15, -0.1) is 0 Å². The number of amides is 3. The van der Waals surface area contributed by atoms with Crippen molar-refractivity contribution in [2.24, 2.45) is 0 Å². The Hall–Kier alpha value is -3.48. The fraction of sp³-hybridized carbons (Fsp3) is 0.200. The highest BCUT2D eigenvalue weighted by Crippen LogP contribution is 2.24. The molecule has 27 heavy (non-hydrogen) atoms. The highest BCUT2D eigenvalue weighted by molar-refractivity contribution is 6.22. The molecule has 0 unspecified atom stereocenters. The highest BCUT2D eigenvalue weighted by Gasteiger charge is 2.35. The molecule has 0 spiro atoms. The molecule has 3 amide bonds. The van der Waals surface area contributed by atoms with Gasteiger partial charge in [0.15, 0.2) is 0 Å². The van der Waals surface area contributed by atoms with E-state index >= 15 is 0 Å². The molecule has 0 aromatic heterocycles. The van der Waals surface area contributed by atoms with Gasteiger partial charge in [-0.2, -0.15) is 0 Å². The van der Waals surface area contributed by atoms with Crippen molar-refractivity contribution in [3.8, 4) is 0 Å². The number of hydrogen-bond donors (Lipinski definition) is 2. The molecule has 2 aromatic rings. The van der Waals surface area contributed by atoms with Gasteiger partial charge in [-0.1, -0.05) is 19.1 Å². The van der Waals surface area contributed by atoms with Gasteiger partial charge >= 0.3 is 5.97 Å². The van der Waals surface area contributed by atoms with E-state index in [9.17, 15) is 19.2 Å². The van der Waals surface area contributed by atoms with E-state index in [4.69, 9.17) is 5.11 Å². The van der Waals surface area contributed by atoms with Gasteiger partial charge in [0.2, 0.25) is 0 Å².